The van der Waals surface area contributed by atoms with E-state index in [9.17, 15) is 8.42 Å². The van der Waals surface area contributed by atoms with Crippen molar-refractivity contribution >= 4 is 26.8 Å². The van der Waals surface area contributed by atoms with Crippen LogP contribution in [0.5, 0.6) is 17.4 Å². The Morgan fingerprint density at radius 1 is 1.23 bits per heavy atom. The molecule has 4 aromatic rings. The molecular formula is C23H23N5O6S. The Hall–Kier alpha value is -3.80. The summed E-state index contributed by atoms with van der Waals surface area (Å²) in [5, 5.41) is 8.85. The highest BCUT2D eigenvalue weighted by molar-refractivity contribution is 7.93. The van der Waals surface area contributed by atoms with Crippen LogP contribution in [0.2, 0.25) is 0 Å². The molecule has 5 heterocycles. The molecular weight excluding hydrogens is 474 g/mol. The van der Waals surface area contributed by atoms with Crippen molar-refractivity contribution in [1.82, 2.24) is 19.9 Å². The number of nitrogens with one attached hydrogen (secondary N) is 1. The van der Waals surface area contributed by atoms with Gasteiger partial charge in [-0.2, -0.15) is 5.10 Å². The van der Waals surface area contributed by atoms with Gasteiger partial charge >= 0.3 is 0 Å². The number of fused-ring (bicyclic) bond motifs is 1. The fourth-order valence-electron chi connectivity index (χ4n) is 4.86. The molecule has 1 aromatic carbocycles. The molecule has 0 saturated heterocycles. The van der Waals surface area contributed by atoms with Crippen LogP contribution in [0.25, 0.3) is 11.0 Å². The number of hydrogen-bond acceptors (Lipinski definition) is 9. The molecule has 7 rings (SSSR count). The number of aromatic nitrogens is 4. The Labute approximate surface area is 201 Å². The number of pyridine rings is 1. The van der Waals surface area contributed by atoms with Crippen molar-refractivity contribution in [3.8, 4) is 17.4 Å². The molecule has 3 aromatic heterocycles. The zero-order chi connectivity index (χ0) is 24.3. The molecule has 3 aliphatic rings. The lowest BCUT2D eigenvalue weighted by molar-refractivity contribution is 0.0706. The monoisotopic (exact) mass is 497 g/mol. The van der Waals surface area contributed by atoms with Crippen molar-refractivity contribution in [2.24, 2.45) is 0 Å². The average Bonchev–Trinajstić information content (AvgIpc) is 3.47. The predicted molar refractivity (Wildman–Crippen MR) is 125 cm³/mol. The maximum Gasteiger partial charge on any atom is 0.272 e. The first-order valence-electron chi connectivity index (χ1n) is 11.1. The number of aryl methyl sites for hydroxylation is 1. The summed E-state index contributed by atoms with van der Waals surface area (Å²) in [6.45, 7) is 2.26. The van der Waals surface area contributed by atoms with Crippen molar-refractivity contribution < 1.29 is 27.2 Å². The van der Waals surface area contributed by atoms with Gasteiger partial charge in [-0.3, -0.25) is 9.40 Å². The van der Waals surface area contributed by atoms with Crippen molar-refractivity contribution in [2.45, 2.75) is 43.2 Å². The molecule has 0 atom stereocenters. The molecule has 35 heavy (non-hydrogen) atoms. The second-order valence-electron chi connectivity index (χ2n) is 8.70. The van der Waals surface area contributed by atoms with Gasteiger partial charge in [0.25, 0.3) is 10.0 Å². The van der Waals surface area contributed by atoms with Gasteiger partial charge in [0.05, 0.1) is 26.9 Å². The van der Waals surface area contributed by atoms with Gasteiger partial charge in [-0.05, 0) is 43.4 Å². The van der Waals surface area contributed by atoms with Crippen LogP contribution in [0.1, 0.15) is 35.6 Å². The van der Waals surface area contributed by atoms with Gasteiger partial charge in [-0.15, -0.1) is 0 Å². The molecule has 1 N–H and O–H groups in total. The molecule has 0 unspecified atom stereocenters. The van der Waals surface area contributed by atoms with Gasteiger partial charge in [0.15, 0.2) is 16.3 Å². The molecule has 1 aliphatic carbocycles. The van der Waals surface area contributed by atoms with Crippen molar-refractivity contribution in [3.05, 3.63) is 47.4 Å². The third-order valence-electron chi connectivity index (χ3n) is 6.47. The SMILES string of the molecule is COc1cc(C)nc(OC)c1S(=O)(=O)Nc1noc2cc(Cn3cccn3)c3c(c12)OC1CC3C1. The number of nitrogens with zero attached hydrogens (tertiary/aromatic N) is 4. The largest absolute Gasteiger partial charge is 0.495 e. The zero-order valence-corrected chi connectivity index (χ0v) is 20.1. The standard InChI is InChI=1S/C23H23N5O6S/c1-12-7-17(31-2)21(23(25-12)32-3)35(29,30)27-22-19-16(34-26-22)10-14(11-28-6-4-5-24-28)18-13-8-15(9-13)33-20(18)19/h4-7,10,13,15H,8-9,11H2,1-3H3,(H,26,27). The summed E-state index contributed by atoms with van der Waals surface area (Å²) in [7, 11) is -1.48. The highest BCUT2D eigenvalue weighted by atomic mass is 32.2. The Balaban J connectivity index is 1.47. The molecule has 0 spiro atoms. The van der Waals surface area contributed by atoms with Gasteiger partial charge in [0, 0.05) is 29.7 Å². The minimum atomic E-state index is -4.21. The molecule has 12 heteroatoms. The van der Waals surface area contributed by atoms with E-state index >= 15 is 0 Å². The van der Waals surface area contributed by atoms with E-state index in [0.29, 0.717) is 34.9 Å². The second kappa shape index (κ2) is 7.87. The lowest BCUT2D eigenvalue weighted by atomic mass is 9.72. The number of ether oxygens (including phenoxy) is 3. The molecule has 11 nitrogen and oxygen atoms in total. The van der Waals surface area contributed by atoms with Crippen LogP contribution < -0.4 is 18.9 Å². The fourth-order valence-corrected chi connectivity index (χ4v) is 6.12. The van der Waals surface area contributed by atoms with E-state index < -0.39 is 10.0 Å². The summed E-state index contributed by atoms with van der Waals surface area (Å²) in [4.78, 5) is 3.97. The minimum absolute atomic E-state index is 0.0351. The van der Waals surface area contributed by atoms with Gasteiger partial charge < -0.3 is 18.7 Å². The van der Waals surface area contributed by atoms with Crippen molar-refractivity contribution in [1.29, 1.82) is 0 Å². The quantitative estimate of drug-likeness (QED) is 0.409. The van der Waals surface area contributed by atoms with E-state index in [1.165, 1.54) is 20.3 Å². The summed E-state index contributed by atoms with van der Waals surface area (Å²) in [6.07, 6.45) is 5.57. The third-order valence-corrected chi connectivity index (χ3v) is 7.84. The molecule has 1 saturated carbocycles. The molecule has 1 fully saturated rings. The molecule has 2 bridgehead atoms. The van der Waals surface area contributed by atoms with Crippen LogP contribution in [0, 0.1) is 6.92 Å². The van der Waals surface area contributed by atoms with Gasteiger partial charge in [0.2, 0.25) is 5.88 Å². The van der Waals surface area contributed by atoms with Crippen LogP contribution in [0.3, 0.4) is 0 Å². The first kappa shape index (κ1) is 21.7. The first-order chi connectivity index (χ1) is 16.9. The fraction of sp³-hybridized carbons (Fsp3) is 0.348. The Bertz CT molecular complexity index is 1520. The van der Waals surface area contributed by atoms with Gasteiger partial charge in [-0.25, -0.2) is 13.4 Å². The third kappa shape index (κ3) is 3.47. The Morgan fingerprint density at radius 2 is 2.06 bits per heavy atom. The summed E-state index contributed by atoms with van der Waals surface area (Å²) in [5.74, 6) is 1.00. The molecule has 0 amide bonds. The Kier molecular flexibility index (Phi) is 4.88. The Morgan fingerprint density at radius 3 is 2.77 bits per heavy atom. The maximum absolute atomic E-state index is 13.5. The lowest BCUT2D eigenvalue weighted by Gasteiger charge is -2.43. The maximum atomic E-state index is 13.5. The second-order valence-corrected chi connectivity index (χ2v) is 10.3. The highest BCUT2D eigenvalue weighted by Gasteiger charge is 2.43. The van der Waals surface area contributed by atoms with E-state index in [1.54, 1.807) is 13.1 Å². The van der Waals surface area contributed by atoms with Crippen LogP contribution in [0.4, 0.5) is 5.82 Å². The predicted octanol–water partition coefficient (Wildman–Crippen LogP) is 3.23. The smallest absolute Gasteiger partial charge is 0.272 e. The number of benzene rings is 1. The normalized spacial score (nSPS) is 18.5. The van der Waals surface area contributed by atoms with Crippen molar-refractivity contribution in [3.63, 3.8) is 0 Å². The molecule has 0 radical (unpaired) electrons. The summed E-state index contributed by atoms with van der Waals surface area (Å²) in [6, 6.07) is 5.28. The summed E-state index contributed by atoms with van der Waals surface area (Å²) in [5.41, 5.74) is 3.03. The van der Waals surface area contributed by atoms with Crippen LogP contribution in [0.15, 0.2) is 40.0 Å². The van der Waals surface area contributed by atoms with E-state index in [-0.39, 0.29) is 28.4 Å². The summed E-state index contributed by atoms with van der Waals surface area (Å²) >= 11 is 0. The number of hydrogen-bond donors (Lipinski definition) is 1. The van der Waals surface area contributed by atoms with E-state index in [1.807, 2.05) is 23.0 Å². The highest BCUT2D eigenvalue weighted by Crippen LogP contribution is 2.54. The zero-order valence-electron chi connectivity index (χ0n) is 19.3. The van der Waals surface area contributed by atoms with E-state index in [0.717, 1.165) is 24.0 Å². The van der Waals surface area contributed by atoms with Crippen LogP contribution >= 0.6 is 0 Å². The van der Waals surface area contributed by atoms with E-state index in [4.69, 9.17) is 18.7 Å². The number of anilines is 1. The number of methoxy groups -OCH3 is 2. The van der Waals surface area contributed by atoms with Crippen molar-refractivity contribution in [2.75, 3.05) is 18.9 Å². The lowest BCUT2D eigenvalue weighted by Crippen LogP contribution is -2.38. The minimum Gasteiger partial charge on any atom is -0.495 e. The van der Waals surface area contributed by atoms with Crippen LogP contribution in [-0.4, -0.2) is 48.7 Å². The molecule has 182 valence electrons. The van der Waals surface area contributed by atoms with Crippen LogP contribution in [-0.2, 0) is 16.6 Å². The number of sulfonamides is 1. The number of rotatable bonds is 7. The first-order valence-corrected chi connectivity index (χ1v) is 12.6. The van der Waals surface area contributed by atoms with E-state index in [2.05, 4.69) is 20.0 Å². The summed E-state index contributed by atoms with van der Waals surface area (Å²) < 4.78 is 53.8. The molecule has 2 aliphatic heterocycles. The average molecular weight is 498 g/mol. The topological polar surface area (TPSA) is 131 Å². The van der Waals surface area contributed by atoms with Gasteiger partial charge in [0.1, 0.15) is 16.9 Å². The van der Waals surface area contributed by atoms with Gasteiger partial charge in [-0.1, -0.05) is 5.16 Å².